The van der Waals surface area contributed by atoms with Crippen molar-refractivity contribution in [3.05, 3.63) is 41.4 Å². The predicted molar refractivity (Wildman–Crippen MR) is 145 cm³/mol. The standard InChI is InChI=1S/C27H30ClN7O4/c1-17(38-15-23(36)31-20-7-8-20)35-16-30-24-25(29)32-22(33-26(24)35)4-2-3-18-11-13-34(14-12-18)27(37)39-21-9-5-19(28)6-10-21/h5-6,9-10,16-18,20H,3,7-8,11-15H2,1H3,(H,31,36)(H2,29,32,33)/t17-/m1/s1. The van der Waals surface area contributed by atoms with Crippen molar-refractivity contribution in [2.45, 2.75) is 51.3 Å². The molecule has 1 saturated carbocycles. The zero-order valence-electron chi connectivity index (χ0n) is 21.6. The van der Waals surface area contributed by atoms with E-state index in [0.717, 1.165) is 25.7 Å². The summed E-state index contributed by atoms with van der Waals surface area (Å²) in [6.45, 7) is 2.96. The second kappa shape index (κ2) is 11.9. The maximum absolute atomic E-state index is 12.4. The fraction of sp³-hybridized carbons (Fsp3) is 0.444. The number of benzene rings is 1. The number of ether oxygens (including phenoxy) is 2. The first kappa shape index (κ1) is 26.7. The Balaban J connectivity index is 1.14. The van der Waals surface area contributed by atoms with Crippen LogP contribution in [0.25, 0.3) is 11.2 Å². The quantitative estimate of drug-likeness (QED) is 0.425. The van der Waals surface area contributed by atoms with Gasteiger partial charge >= 0.3 is 6.09 Å². The minimum Gasteiger partial charge on any atom is -0.410 e. The number of fused-ring (bicyclic) bond motifs is 1. The van der Waals surface area contributed by atoms with Crippen molar-refractivity contribution in [1.82, 2.24) is 29.7 Å². The first-order valence-electron chi connectivity index (χ1n) is 13.0. The molecule has 1 aliphatic heterocycles. The van der Waals surface area contributed by atoms with Gasteiger partial charge < -0.3 is 25.4 Å². The molecule has 2 aromatic heterocycles. The SMILES string of the molecule is C[C@@H](OCC(=O)NC1CC1)n1cnc2c(N)nc(C#CCC3CCN(C(=O)Oc4ccc(Cl)cc4)CC3)nc21. The number of aromatic nitrogens is 4. The Morgan fingerprint density at radius 3 is 2.64 bits per heavy atom. The molecule has 11 nitrogen and oxygen atoms in total. The smallest absolute Gasteiger partial charge is 0.410 e. The molecule has 1 aromatic carbocycles. The van der Waals surface area contributed by atoms with E-state index in [0.29, 0.717) is 53.2 Å². The number of anilines is 1. The molecule has 3 heterocycles. The fourth-order valence-electron chi connectivity index (χ4n) is 4.30. The average molecular weight is 552 g/mol. The number of halogens is 1. The van der Waals surface area contributed by atoms with E-state index >= 15 is 0 Å². The summed E-state index contributed by atoms with van der Waals surface area (Å²) < 4.78 is 12.9. The molecule has 12 heteroatoms. The first-order valence-corrected chi connectivity index (χ1v) is 13.4. The predicted octanol–water partition coefficient (Wildman–Crippen LogP) is 3.53. The topological polar surface area (TPSA) is 137 Å². The molecular weight excluding hydrogens is 522 g/mol. The zero-order chi connectivity index (χ0) is 27.4. The van der Waals surface area contributed by atoms with Crippen molar-refractivity contribution in [2.24, 2.45) is 5.92 Å². The second-order valence-electron chi connectivity index (χ2n) is 9.77. The highest BCUT2D eigenvalue weighted by Crippen LogP contribution is 2.23. The largest absolute Gasteiger partial charge is 0.415 e. The van der Waals surface area contributed by atoms with E-state index in [1.807, 2.05) is 6.92 Å². The summed E-state index contributed by atoms with van der Waals surface area (Å²) >= 11 is 5.88. The van der Waals surface area contributed by atoms with Crippen molar-refractivity contribution in [3.8, 4) is 17.6 Å². The van der Waals surface area contributed by atoms with Gasteiger partial charge in [0.05, 0.1) is 6.33 Å². The lowest BCUT2D eigenvalue weighted by Crippen LogP contribution is -2.40. The Bertz CT molecular complexity index is 1400. The van der Waals surface area contributed by atoms with Gasteiger partial charge in [-0.3, -0.25) is 9.36 Å². The van der Waals surface area contributed by atoms with Crippen molar-refractivity contribution in [2.75, 3.05) is 25.4 Å². The molecule has 5 rings (SSSR count). The van der Waals surface area contributed by atoms with E-state index in [4.69, 9.17) is 26.8 Å². The third-order valence-corrected chi connectivity index (χ3v) is 6.97. The van der Waals surface area contributed by atoms with E-state index in [9.17, 15) is 9.59 Å². The van der Waals surface area contributed by atoms with Crippen LogP contribution in [-0.2, 0) is 9.53 Å². The van der Waals surface area contributed by atoms with Crippen molar-refractivity contribution < 1.29 is 19.1 Å². The van der Waals surface area contributed by atoms with Crippen LogP contribution < -0.4 is 15.8 Å². The molecule has 1 aliphatic carbocycles. The summed E-state index contributed by atoms with van der Waals surface area (Å²) in [5.41, 5.74) is 7.07. The van der Waals surface area contributed by atoms with Gasteiger partial charge in [0.2, 0.25) is 11.7 Å². The molecule has 0 radical (unpaired) electrons. The number of rotatable bonds is 7. The lowest BCUT2D eigenvalue weighted by atomic mass is 9.94. The van der Waals surface area contributed by atoms with Gasteiger partial charge in [0.1, 0.15) is 24.1 Å². The normalized spacial score (nSPS) is 16.4. The zero-order valence-corrected chi connectivity index (χ0v) is 22.4. The van der Waals surface area contributed by atoms with Crippen LogP contribution in [0.5, 0.6) is 5.75 Å². The number of imidazole rings is 1. The van der Waals surface area contributed by atoms with Crippen LogP contribution in [0.2, 0.25) is 5.02 Å². The van der Waals surface area contributed by atoms with E-state index in [2.05, 4.69) is 32.1 Å². The monoisotopic (exact) mass is 551 g/mol. The molecular formula is C27H30ClN7O4. The van der Waals surface area contributed by atoms with Crippen LogP contribution in [0.1, 0.15) is 51.1 Å². The van der Waals surface area contributed by atoms with E-state index in [1.165, 1.54) is 0 Å². The van der Waals surface area contributed by atoms with Gasteiger partial charge in [-0.15, -0.1) is 0 Å². The van der Waals surface area contributed by atoms with Gasteiger partial charge in [-0.05, 0) is 68.7 Å². The van der Waals surface area contributed by atoms with E-state index in [1.54, 1.807) is 40.1 Å². The van der Waals surface area contributed by atoms with Crippen LogP contribution in [0.4, 0.5) is 10.6 Å². The highest BCUT2D eigenvalue weighted by molar-refractivity contribution is 6.30. The molecule has 0 unspecified atom stereocenters. The molecule has 1 saturated heterocycles. The highest BCUT2D eigenvalue weighted by Gasteiger charge is 2.25. The molecule has 39 heavy (non-hydrogen) atoms. The van der Waals surface area contributed by atoms with Gasteiger partial charge in [-0.2, -0.15) is 0 Å². The lowest BCUT2D eigenvalue weighted by Gasteiger charge is -2.30. The van der Waals surface area contributed by atoms with Crippen LogP contribution in [0.3, 0.4) is 0 Å². The minimum atomic E-state index is -0.480. The number of nitrogens with zero attached hydrogens (tertiary/aromatic N) is 5. The number of nitrogens with two attached hydrogens (primary N) is 1. The Morgan fingerprint density at radius 1 is 1.18 bits per heavy atom. The van der Waals surface area contributed by atoms with Crippen LogP contribution >= 0.6 is 11.6 Å². The summed E-state index contributed by atoms with van der Waals surface area (Å²) in [5.74, 6) is 7.38. The lowest BCUT2D eigenvalue weighted by molar-refractivity contribution is -0.129. The Kier molecular flexibility index (Phi) is 8.14. The van der Waals surface area contributed by atoms with Crippen LogP contribution in [0.15, 0.2) is 30.6 Å². The van der Waals surface area contributed by atoms with E-state index in [-0.39, 0.29) is 30.5 Å². The number of carbonyl (C=O) groups excluding carboxylic acids is 2. The van der Waals surface area contributed by atoms with Crippen molar-refractivity contribution >= 4 is 40.6 Å². The maximum Gasteiger partial charge on any atom is 0.415 e. The number of piperidine rings is 1. The molecule has 2 amide bonds. The van der Waals surface area contributed by atoms with Gasteiger partial charge in [-0.25, -0.2) is 19.7 Å². The fourth-order valence-corrected chi connectivity index (χ4v) is 4.42. The van der Waals surface area contributed by atoms with Crippen LogP contribution in [-0.4, -0.2) is 62.2 Å². The molecule has 1 atom stereocenters. The minimum absolute atomic E-state index is 0.0533. The van der Waals surface area contributed by atoms with Gasteiger partial charge in [-0.1, -0.05) is 17.5 Å². The molecule has 204 valence electrons. The van der Waals surface area contributed by atoms with Gasteiger partial charge in [0.25, 0.3) is 0 Å². The number of nitrogen functional groups attached to an aromatic ring is 1. The molecule has 0 spiro atoms. The summed E-state index contributed by atoms with van der Waals surface area (Å²) in [6.07, 6.45) is 5.06. The summed E-state index contributed by atoms with van der Waals surface area (Å²) in [7, 11) is 0. The average Bonchev–Trinajstić information content (AvgIpc) is 3.63. The molecule has 2 aliphatic rings. The van der Waals surface area contributed by atoms with E-state index < -0.39 is 6.23 Å². The summed E-state index contributed by atoms with van der Waals surface area (Å²) in [5, 5.41) is 3.48. The third-order valence-electron chi connectivity index (χ3n) is 6.72. The number of amides is 2. The Morgan fingerprint density at radius 2 is 1.92 bits per heavy atom. The van der Waals surface area contributed by atoms with Gasteiger partial charge in [0, 0.05) is 30.6 Å². The summed E-state index contributed by atoms with van der Waals surface area (Å²) in [6, 6.07) is 6.99. The first-order chi connectivity index (χ1) is 18.9. The van der Waals surface area contributed by atoms with Crippen molar-refractivity contribution in [3.63, 3.8) is 0 Å². The Labute approximate surface area is 231 Å². The molecule has 0 bridgehead atoms. The molecule has 3 N–H and O–H groups in total. The number of hydrogen-bond acceptors (Lipinski definition) is 8. The highest BCUT2D eigenvalue weighted by atomic mass is 35.5. The Hall–Kier alpha value is -3.88. The number of carbonyl (C=O) groups is 2. The summed E-state index contributed by atoms with van der Waals surface area (Å²) in [4.78, 5) is 39.3. The van der Waals surface area contributed by atoms with Crippen molar-refractivity contribution in [1.29, 1.82) is 0 Å². The number of nitrogens with one attached hydrogen (secondary N) is 1. The van der Waals surface area contributed by atoms with Crippen LogP contribution in [0, 0.1) is 17.8 Å². The second-order valence-corrected chi connectivity index (χ2v) is 10.2. The molecule has 2 fully saturated rings. The number of likely N-dealkylation sites (tertiary alicyclic amines) is 1. The third kappa shape index (κ3) is 6.96. The maximum atomic E-state index is 12.4. The number of hydrogen-bond donors (Lipinski definition) is 2. The van der Waals surface area contributed by atoms with Gasteiger partial charge in [0.15, 0.2) is 11.5 Å². The molecule has 3 aromatic rings.